The highest BCUT2D eigenvalue weighted by Crippen LogP contribution is 2.34. The highest BCUT2D eigenvalue weighted by atomic mass is 35.5. The molecule has 3 rings (SSSR count). The number of hydrogen-bond donors (Lipinski definition) is 2. The third-order valence-corrected chi connectivity index (χ3v) is 3.25. The van der Waals surface area contributed by atoms with Gasteiger partial charge in [0.25, 0.3) is 0 Å². The van der Waals surface area contributed by atoms with Crippen LogP contribution in [0.4, 0.5) is 0 Å². The average molecular weight is 331 g/mol. The summed E-state index contributed by atoms with van der Waals surface area (Å²) in [4.78, 5) is 11.8. The van der Waals surface area contributed by atoms with Crippen molar-refractivity contribution in [1.82, 2.24) is 10.6 Å². The summed E-state index contributed by atoms with van der Waals surface area (Å²) in [6, 6.07) is 5.12. The molecule has 0 radical (unpaired) electrons. The van der Waals surface area contributed by atoms with Crippen LogP contribution in [-0.2, 0) is 9.53 Å². The number of amides is 1. The monoisotopic (exact) mass is 330 g/mol. The Morgan fingerprint density at radius 1 is 1.36 bits per heavy atom. The van der Waals surface area contributed by atoms with E-state index >= 15 is 0 Å². The lowest BCUT2D eigenvalue weighted by atomic mass is 10.2. The van der Waals surface area contributed by atoms with Gasteiger partial charge in [0.15, 0.2) is 11.5 Å². The number of morpholine rings is 1. The van der Waals surface area contributed by atoms with Crippen molar-refractivity contribution in [2.24, 2.45) is 0 Å². The first kappa shape index (κ1) is 16.7. The zero-order valence-electron chi connectivity index (χ0n) is 12.0. The summed E-state index contributed by atoms with van der Waals surface area (Å²) < 4.78 is 21.3. The van der Waals surface area contributed by atoms with E-state index in [0.717, 1.165) is 5.75 Å². The summed E-state index contributed by atoms with van der Waals surface area (Å²) in [7, 11) is 0. The van der Waals surface area contributed by atoms with Gasteiger partial charge >= 0.3 is 0 Å². The molecule has 1 unspecified atom stereocenters. The van der Waals surface area contributed by atoms with Crippen LogP contribution in [0, 0.1) is 0 Å². The summed E-state index contributed by atoms with van der Waals surface area (Å²) in [5, 5.41) is 5.91. The zero-order chi connectivity index (χ0) is 14.5. The molecule has 2 heterocycles. The molecule has 7 nitrogen and oxygen atoms in total. The van der Waals surface area contributed by atoms with Crippen molar-refractivity contribution in [3.63, 3.8) is 0 Å². The van der Waals surface area contributed by atoms with Crippen LogP contribution in [-0.4, -0.2) is 51.7 Å². The van der Waals surface area contributed by atoms with Gasteiger partial charge in [-0.25, -0.2) is 0 Å². The summed E-state index contributed by atoms with van der Waals surface area (Å²) >= 11 is 0. The second-order valence-electron chi connectivity index (χ2n) is 4.74. The third-order valence-electron chi connectivity index (χ3n) is 3.25. The minimum Gasteiger partial charge on any atom is -0.492 e. The van der Waals surface area contributed by atoms with Gasteiger partial charge < -0.3 is 29.6 Å². The lowest BCUT2D eigenvalue weighted by Gasteiger charge is -2.22. The van der Waals surface area contributed by atoms with Gasteiger partial charge in [-0.1, -0.05) is 0 Å². The van der Waals surface area contributed by atoms with Gasteiger partial charge in [-0.05, 0) is 12.1 Å². The van der Waals surface area contributed by atoms with E-state index in [1.54, 1.807) is 12.1 Å². The molecule has 0 saturated carbocycles. The van der Waals surface area contributed by atoms with E-state index < -0.39 is 0 Å². The van der Waals surface area contributed by atoms with Crippen molar-refractivity contribution in [2.45, 2.75) is 6.04 Å². The first-order chi connectivity index (χ1) is 10.3. The number of fused-ring (bicyclic) bond motifs is 1. The number of carbonyl (C=O) groups is 1. The molecule has 0 aromatic heterocycles. The zero-order valence-corrected chi connectivity index (χ0v) is 12.8. The van der Waals surface area contributed by atoms with Crippen molar-refractivity contribution in [1.29, 1.82) is 0 Å². The average Bonchev–Trinajstić information content (AvgIpc) is 3.00. The van der Waals surface area contributed by atoms with Crippen LogP contribution in [0.25, 0.3) is 0 Å². The summed E-state index contributed by atoms with van der Waals surface area (Å²) in [6.45, 7) is 2.83. The minimum absolute atomic E-state index is 0. The maximum absolute atomic E-state index is 11.8. The minimum atomic E-state index is -0.274. The molecule has 22 heavy (non-hydrogen) atoms. The number of halogens is 1. The summed E-state index contributed by atoms with van der Waals surface area (Å²) in [6.07, 6.45) is 0. The molecular weight excluding hydrogens is 312 g/mol. The Balaban J connectivity index is 0.00000176. The molecule has 1 atom stereocenters. The van der Waals surface area contributed by atoms with E-state index in [1.807, 2.05) is 6.07 Å². The van der Waals surface area contributed by atoms with Gasteiger partial charge in [-0.15, -0.1) is 12.4 Å². The molecule has 1 saturated heterocycles. The Bertz CT molecular complexity index is 508. The first-order valence-corrected chi connectivity index (χ1v) is 6.94. The number of carbonyl (C=O) groups excluding carboxylic acids is 1. The Morgan fingerprint density at radius 3 is 3.05 bits per heavy atom. The van der Waals surface area contributed by atoms with Crippen molar-refractivity contribution < 1.29 is 23.7 Å². The molecule has 2 aliphatic rings. The highest BCUT2D eigenvalue weighted by molar-refractivity contribution is 5.85. The Hall–Kier alpha value is -1.70. The van der Waals surface area contributed by atoms with Gasteiger partial charge in [-0.3, -0.25) is 4.79 Å². The van der Waals surface area contributed by atoms with Crippen molar-refractivity contribution in [3.05, 3.63) is 18.2 Å². The topological polar surface area (TPSA) is 78.1 Å². The van der Waals surface area contributed by atoms with Crippen LogP contribution in [0.5, 0.6) is 17.2 Å². The van der Waals surface area contributed by atoms with Crippen molar-refractivity contribution in [3.8, 4) is 17.2 Å². The highest BCUT2D eigenvalue weighted by Gasteiger charge is 2.20. The van der Waals surface area contributed by atoms with Gasteiger partial charge in [0.1, 0.15) is 18.4 Å². The van der Waals surface area contributed by atoms with E-state index in [1.165, 1.54) is 0 Å². The Labute approximate surface area is 134 Å². The van der Waals surface area contributed by atoms with Crippen LogP contribution < -0.4 is 24.8 Å². The number of nitrogens with one attached hydrogen (secondary N) is 2. The predicted octanol–water partition coefficient (Wildman–Crippen LogP) is 0.321. The smallest absolute Gasteiger partial charge is 0.239 e. The second kappa shape index (κ2) is 8.07. The fraction of sp³-hybridized carbons (Fsp3) is 0.500. The SMILES string of the molecule is Cl.O=C(NCCOc1ccc2c(c1)OCO2)C1COCCN1. The molecule has 2 aliphatic heterocycles. The molecule has 0 bridgehead atoms. The third kappa shape index (κ3) is 4.16. The maximum atomic E-state index is 11.8. The molecule has 0 spiro atoms. The normalized spacial score (nSPS) is 19.2. The Morgan fingerprint density at radius 2 is 2.23 bits per heavy atom. The van der Waals surface area contributed by atoms with Crippen LogP contribution in [0.2, 0.25) is 0 Å². The lowest BCUT2D eigenvalue weighted by molar-refractivity contribution is -0.126. The summed E-state index contributed by atoms with van der Waals surface area (Å²) in [5.41, 5.74) is 0. The molecule has 8 heteroatoms. The number of rotatable bonds is 5. The standard InChI is InChI=1S/C14H18N2O5.ClH/c17-14(11-8-18-5-3-15-11)16-4-6-19-10-1-2-12-13(7-10)21-9-20-12;/h1-2,7,11,15H,3-6,8-9H2,(H,16,17);1H. The fourth-order valence-electron chi connectivity index (χ4n) is 2.17. The molecule has 122 valence electrons. The van der Waals surface area contributed by atoms with E-state index in [9.17, 15) is 4.79 Å². The van der Waals surface area contributed by atoms with E-state index in [0.29, 0.717) is 44.4 Å². The molecule has 1 aromatic carbocycles. The molecule has 1 amide bonds. The van der Waals surface area contributed by atoms with Crippen LogP contribution in [0.3, 0.4) is 0 Å². The van der Waals surface area contributed by atoms with Gasteiger partial charge in [0.2, 0.25) is 12.7 Å². The molecular formula is C14H19ClN2O5. The van der Waals surface area contributed by atoms with E-state index in [-0.39, 0.29) is 31.1 Å². The van der Waals surface area contributed by atoms with Crippen molar-refractivity contribution in [2.75, 3.05) is 39.7 Å². The van der Waals surface area contributed by atoms with Crippen LogP contribution in [0.1, 0.15) is 0 Å². The quantitative estimate of drug-likeness (QED) is 0.757. The second-order valence-corrected chi connectivity index (χ2v) is 4.74. The molecule has 1 aromatic rings. The van der Waals surface area contributed by atoms with Crippen LogP contribution >= 0.6 is 12.4 Å². The van der Waals surface area contributed by atoms with E-state index in [4.69, 9.17) is 18.9 Å². The van der Waals surface area contributed by atoms with E-state index in [2.05, 4.69) is 10.6 Å². The maximum Gasteiger partial charge on any atom is 0.239 e. The molecule has 0 aliphatic carbocycles. The fourth-order valence-corrected chi connectivity index (χ4v) is 2.17. The lowest BCUT2D eigenvalue weighted by Crippen LogP contribution is -2.51. The number of ether oxygens (including phenoxy) is 4. The predicted molar refractivity (Wildman–Crippen MR) is 80.9 cm³/mol. The molecule has 2 N–H and O–H groups in total. The summed E-state index contributed by atoms with van der Waals surface area (Å²) in [5.74, 6) is 2.02. The molecule has 1 fully saturated rings. The first-order valence-electron chi connectivity index (χ1n) is 6.94. The van der Waals surface area contributed by atoms with Gasteiger partial charge in [-0.2, -0.15) is 0 Å². The largest absolute Gasteiger partial charge is 0.492 e. The van der Waals surface area contributed by atoms with Gasteiger partial charge in [0, 0.05) is 12.6 Å². The number of hydrogen-bond acceptors (Lipinski definition) is 6. The van der Waals surface area contributed by atoms with Gasteiger partial charge in [0.05, 0.1) is 19.8 Å². The van der Waals surface area contributed by atoms with Crippen molar-refractivity contribution >= 4 is 18.3 Å². The number of benzene rings is 1. The van der Waals surface area contributed by atoms with Crippen LogP contribution in [0.15, 0.2) is 18.2 Å². The Kier molecular flexibility index (Phi) is 6.11.